The number of hydrogen-bond acceptors (Lipinski definition) is 8. The van der Waals surface area contributed by atoms with E-state index in [1.807, 2.05) is 13.0 Å². The largest absolute Gasteiger partial charge is 0.324 e. The second-order valence-corrected chi connectivity index (χ2v) is 9.98. The molecule has 12 heteroatoms. The van der Waals surface area contributed by atoms with Gasteiger partial charge in [-0.2, -0.15) is 15.0 Å². The maximum atomic E-state index is 13.1. The summed E-state index contributed by atoms with van der Waals surface area (Å²) in [6.07, 6.45) is 3.34. The van der Waals surface area contributed by atoms with Crippen LogP contribution in [-0.2, 0) is 11.8 Å². The van der Waals surface area contributed by atoms with Crippen molar-refractivity contribution in [3.8, 4) is 11.3 Å². The Morgan fingerprint density at radius 3 is 2.56 bits per heavy atom. The number of aromatic nitrogens is 7. The van der Waals surface area contributed by atoms with Gasteiger partial charge in [-0.3, -0.25) is 19.5 Å². The van der Waals surface area contributed by atoms with Gasteiger partial charge in [0.15, 0.2) is 5.69 Å². The molecule has 36 heavy (non-hydrogen) atoms. The molecule has 1 saturated heterocycles. The van der Waals surface area contributed by atoms with Crippen LogP contribution in [0.15, 0.2) is 30.6 Å². The lowest BCUT2D eigenvalue weighted by Gasteiger charge is -2.45. The first-order valence-electron chi connectivity index (χ1n) is 11.6. The molecule has 1 aliphatic heterocycles. The van der Waals surface area contributed by atoms with Crippen molar-refractivity contribution in [1.29, 1.82) is 0 Å². The van der Waals surface area contributed by atoms with E-state index in [-0.39, 0.29) is 17.0 Å². The zero-order chi connectivity index (χ0) is 25.6. The van der Waals surface area contributed by atoms with E-state index in [1.54, 1.807) is 38.5 Å². The van der Waals surface area contributed by atoms with Gasteiger partial charge in [0, 0.05) is 31.9 Å². The Morgan fingerprint density at radius 1 is 1.08 bits per heavy atom. The number of likely N-dealkylation sites (tertiary alicyclic amines) is 1. The van der Waals surface area contributed by atoms with Crippen molar-refractivity contribution in [1.82, 2.24) is 39.7 Å². The molecule has 0 aliphatic carbocycles. The number of carbonyl (C=O) groups is 2. The van der Waals surface area contributed by atoms with Crippen molar-refractivity contribution in [2.75, 3.05) is 30.3 Å². The second kappa shape index (κ2) is 8.79. The molecule has 0 unspecified atom stereocenters. The molecule has 5 rings (SSSR count). The van der Waals surface area contributed by atoms with Crippen LogP contribution in [0.4, 0.5) is 11.4 Å². The molecular weight excluding hydrogens is 460 g/mol. The molecule has 1 aliphatic rings. The summed E-state index contributed by atoms with van der Waals surface area (Å²) in [5.41, 5.74) is 4.92. The Balaban J connectivity index is 1.30. The van der Waals surface area contributed by atoms with Crippen LogP contribution in [0.3, 0.4) is 0 Å². The number of aryl methyl sites for hydroxylation is 3. The van der Waals surface area contributed by atoms with Gasteiger partial charge >= 0.3 is 0 Å². The lowest BCUT2D eigenvalue weighted by molar-refractivity contribution is -0.120. The van der Waals surface area contributed by atoms with Gasteiger partial charge in [-0.1, -0.05) is 19.1 Å². The van der Waals surface area contributed by atoms with Gasteiger partial charge in [0.1, 0.15) is 5.69 Å². The molecule has 1 fully saturated rings. The second-order valence-electron chi connectivity index (χ2n) is 9.98. The van der Waals surface area contributed by atoms with E-state index in [0.717, 1.165) is 30.0 Å². The first-order valence-corrected chi connectivity index (χ1v) is 11.6. The maximum Gasteiger partial charge on any atom is 0.278 e. The number of amides is 2. The minimum Gasteiger partial charge on any atom is -0.324 e. The maximum absolute atomic E-state index is 13.1. The molecule has 12 nitrogen and oxygen atoms in total. The quantitative estimate of drug-likeness (QED) is 0.421. The highest BCUT2D eigenvalue weighted by atomic mass is 16.2. The van der Waals surface area contributed by atoms with E-state index in [4.69, 9.17) is 0 Å². The zero-order valence-electron chi connectivity index (χ0n) is 20.9. The number of nitrogens with zero attached hydrogens (tertiary/aromatic N) is 8. The van der Waals surface area contributed by atoms with E-state index in [0.29, 0.717) is 29.1 Å². The summed E-state index contributed by atoms with van der Waals surface area (Å²) < 4.78 is 1.54. The third kappa shape index (κ3) is 4.67. The first kappa shape index (κ1) is 23.5. The van der Waals surface area contributed by atoms with Crippen LogP contribution in [0.5, 0.6) is 0 Å². The molecule has 4 aromatic heterocycles. The van der Waals surface area contributed by atoms with Crippen molar-refractivity contribution in [3.05, 3.63) is 47.7 Å². The van der Waals surface area contributed by atoms with Crippen molar-refractivity contribution in [2.45, 2.75) is 27.7 Å². The number of hydrogen-bond donors (Lipinski definition) is 2. The molecule has 186 valence electrons. The Hall–Kier alpha value is -4.19. The molecule has 0 bridgehead atoms. The van der Waals surface area contributed by atoms with Gasteiger partial charge in [-0.15, -0.1) is 5.10 Å². The van der Waals surface area contributed by atoms with Gasteiger partial charge in [0.25, 0.3) is 5.91 Å². The van der Waals surface area contributed by atoms with E-state index in [2.05, 4.69) is 54.9 Å². The highest BCUT2D eigenvalue weighted by Gasteiger charge is 2.34. The van der Waals surface area contributed by atoms with Crippen LogP contribution in [0.2, 0.25) is 0 Å². The standard InChI is InChI=1S/C24H28N10O2/c1-14-18(8-17(9-25-14)26-20(35)11-33-12-24(3,4)13-33)27-23(36)22-19-7-6-16(10-34(19)31-28-22)21-15(2)29-32(5)30-21/h6-10H,11-13H2,1-5H3,(H,26,35)(H,27,36). The van der Waals surface area contributed by atoms with Crippen LogP contribution in [-0.4, -0.2) is 71.2 Å². The number of anilines is 2. The predicted octanol–water partition coefficient (Wildman–Crippen LogP) is 2.07. The number of carbonyl (C=O) groups excluding carboxylic acids is 2. The molecule has 0 atom stereocenters. The topological polar surface area (TPSA) is 135 Å². The van der Waals surface area contributed by atoms with Gasteiger partial charge in [0.2, 0.25) is 5.91 Å². The van der Waals surface area contributed by atoms with Crippen LogP contribution in [0.25, 0.3) is 16.8 Å². The third-order valence-corrected chi connectivity index (χ3v) is 6.07. The van der Waals surface area contributed by atoms with Crippen LogP contribution >= 0.6 is 0 Å². The Kier molecular flexibility index (Phi) is 5.75. The predicted molar refractivity (Wildman–Crippen MR) is 133 cm³/mol. The Bertz CT molecular complexity index is 1480. The minimum absolute atomic E-state index is 0.119. The lowest BCUT2D eigenvalue weighted by Crippen LogP contribution is -2.54. The Morgan fingerprint density at radius 2 is 1.86 bits per heavy atom. The fourth-order valence-electron chi connectivity index (χ4n) is 4.56. The fraction of sp³-hybridized carbons (Fsp3) is 0.375. The number of nitrogens with one attached hydrogen (secondary N) is 2. The van der Waals surface area contributed by atoms with E-state index >= 15 is 0 Å². The summed E-state index contributed by atoms with van der Waals surface area (Å²) in [7, 11) is 1.76. The van der Waals surface area contributed by atoms with Crippen molar-refractivity contribution in [3.63, 3.8) is 0 Å². The summed E-state index contributed by atoms with van der Waals surface area (Å²) in [6.45, 7) is 10.1. The summed E-state index contributed by atoms with van der Waals surface area (Å²) in [5, 5.41) is 22.5. The average molecular weight is 489 g/mol. The number of rotatable bonds is 6. The highest BCUT2D eigenvalue weighted by Crippen LogP contribution is 2.28. The van der Waals surface area contributed by atoms with Crippen molar-refractivity contribution < 1.29 is 9.59 Å². The van der Waals surface area contributed by atoms with Crippen molar-refractivity contribution >= 4 is 28.7 Å². The molecule has 0 aromatic carbocycles. The van der Waals surface area contributed by atoms with Crippen molar-refractivity contribution in [2.24, 2.45) is 12.5 Å². The lowest BCUT2D eigenvalue weighted by atomic mass is 9.84. The SMILES string of the molecule is Cc1ncc(NC(=O)CN2CC(C)(C)C2)cc1NC(=O)c1nnn2cc(-c3nn(C)nc3C)ccc12. The molecule has 2 amide bonds. The normalized spacial score (nSPS) is 15.0. The molecule has 5 heterocycles. The van der Waals surface area contributed by atoms with Crippen LogP contribution < -0.4 is 10.6 Å². The van der Waals surface area contributed by atoms with Gasteiger partial charge < -0.3 is 10.6 Å². The molecule has 2 N–H and O–H groups in total. The fourth-order valence-corrected chi connectivity index (χ4v) is 4.56. The summed E-state index contributed by atoms with van der Waals surface area (Å²) >= 11 is 0. The summed E-state index contributed by atoms with van der Waals surface area (Å²) in [4.78, 5) is 33.4. The van der Waals surface area contributed by atoms with E-state index in [1.165, 1.54) is 9.31 Å². The molecule has 0 saturated carbocycles. The minimum atomic E-state index is -0.426. The van der Waals surface area contributed by atoms with E-state index in [9.17, 15) is 9.59 Å². The zero-order valence-corrected chi connectivity index (χ0v) is 20.9. The van der Waals surface area contributed by atoms with Crippen LogP contribution in [0, 0.1) is 19.3 Å². The number of pyridine rings is 2. The molecule has 0 radical (unpaired) electrons. The van der Waals surface area contributed by atoms with E-state index < -0.39 is 5.91 Å². The van der Waals surface area contributed by atoms with Gasteiger partial charge in [-0.05, 0) is 37.5 Å². The molecule has 0 spiro atoms. The average Bonchev–Trinajstić information content (AvgIpc) is 3.36. The smallest absolute Gasteiger partial charge is 0.278 e. The highest BCUT2D eigenvalue weighted by molar-refractivity contribution is 6.08. The Labute approximate surface area is 207 Å². The monoisotopic (exact) mass is 488 g/mol. The first-order chi connectivity index (χ1) is 17.1. The number of fused-ring (bicyclic) bond motifs is 1. The summed E-state index contributed by atoms with van der Waals surface area (Å²) in [5.74, 6) is -0.545. The van der Waals surface area contributed by atoms with Gasteiger partial charge in [0.05, 0.1) is 41.0 Å². The summed E-state index contributed by atoms with van der Waals surface area (Å²) in [6, 6.07) is 5.32. The molecule has 4 aromatic rings. The van der Waals surface area contributed by atoms with Gasteiger partial charge in [-0.25, -0.2) is 4.52 Å². The third-order valence-electron chi connectivity index (χ3n) is 6.07. The molecular formula is C24H28N10O2. The van der Waals surface area contributed by atoms with Crippen LogP contribution in [0.1, 0.15) is 35.7 Å².